The van der Waals surface area contributed by atoms with Crippen molar-refractivity contribution in [3.63, 3.8) is 0 Å². The smallest absolute Gasteiger partial charge is 0.408 e. The zero-order valence-electron chi connectivity index (χ0n) is 15.8. The van der Waals surface area contributed by atoms with Crippen molar-refractivity contribution in [2.45, 2.75) is 32.6 Å². The topological polar surface area (TPSA) is 94.1 Å². The van der Waals surface area contributed by atoms with Gasteiger partial charge in [-0.25, -0.2) is 9.59 Å². The maximum absolute atomic E-state index is 12.1. The number of amides is 1. The number of hydrogen-bond acceptors (Lipinski definition) is 6. The molecule has 0 saturated carbocycles. The number of alkyl carbamates (subject to hydrolysis) is 1. The van der Waals surface area contributed by atoms with Crippen molar-refractivity contribution in [1.29, 1.82) is 0 Å². The number of ether oxygens (including phenoxy) is 3. The van der Waals surface area contributed by atoms with Gasteiger partial charge in [0.15, 0.2) is 0 Å². The van der Waals surface area contributed by atoms with Crippen LogP contribution in [0.1, 0.15) is 24.5 Å². The number of benzene rings is 2. The predicted molar refractivity (Wildman–Crippen MR) is 103 cm³/mol. The van der Waals surface area contributed by atoms with Gasteiger partial charge in [-0.3, -0.25) is 0 Å². The van der Waals surface area contributed by atoms with Gasteiger partial charge >= 0.3 is 12.1 Å². The van der Waals surface area contributed by atoms with Crippen molar-refractivity contribution in [2.24, 2.45) is 0 Å². The van der Waals surface area contributed by atoms with E-state index < -0.39 is 18.1 Å². The van der Waals surface area contributed by atoms with Gasteiger partial charge in [-0.1, -0.05) is 42.5 Å². The van der Waals surface area contributed by atoms with Crippen LogP contribution >= 0.6 is 0 Å². The van der Waals surface area contributed by atoms with E-state index in [-0.39, 0.29) is 32.8 Å². The number of aliphatic hydroxyl groups excluding tert-OH is 1. The van der Waals surface area contributed by atoms with E-state index >= 15 is 0 Å². The third-order valence-corrected chi connectivity index (χ3v) is 3.86. The molecule has 0 fully saturated rings. The highest BCUT2D eigenvalue weighted by molar-refractivity contribution is 5.81. The van der Waals surface area contributed by atoms with Gasteiger partial charge in [-0.15, -0.1) is 0 Å². The average Bonchev–Trinajstić information content (AvgIpc) is 2.73. The number of esters is 1. The Morgan fingerprint density at radius 3 is 2.36 bits per heavy atom. The third kappa shape index (κ3) is 7.28. The minimum atomic E-state index is -0.875. The van der Waals surface area contributed by atoms with Gasteiger partial charge in [0.05, 0.1) is 19.8 Å². The molecule has 0 aromatic heterocycles. The Kier molecular flexibility index (Phi) is 8.81. The zero-order valence-corrected chi connectivity index (χ0v) is 15.8. The number of aliphatic hydroxyl groups is 1. The molecule has 2 N–H and O–H groups in total. The molecule has 0 aliphatic heterocycles. The van der Waals surface area contributed by atoms with E-state index in [1.165, 1.54) is 0 Å². The number of rotatable bonds is 10. The van der Waals surface area contributed by atoms with Crippen LogP contribution in [0.5, 0.6) is 5.75 Å². The summed E-state index contributed by atoms with van der Waals surface area (Å²) in [4.78, 5) is 24.1. The largest absolute Gasteiger partial charge is 0.494 e. The monoisotopic (exact) mass is 387 g/mol. The fourth-order valence-electron chi connectivity index (χ4n) is 2.38. The van der Waals surface area contributed by atoms with Crippen LogP contribution in [0.4, 0.5) is 4.79 Å². The van der Waals surface area contributed by atoms with Gasteiger partial charge in [0.1, 0.15) is 18.4 Å². The first kappa shape index (κ1) is 21.2. The second-order valence-electron chi connectivity index (χ2n) is 5.95. The number of nitrogens with one attached hydrogen (secondary N) is 1. The molecule has 2 aromatic carbocycles. The summed E-state index contributed by atoms with van der Waals surface area (Å²) < 4.78 is 15.8. The Balaban J connectivity index is 1.84. The van der Waals surface area contributed by atoms with Crippen LogP contribution in [0.25, 0.3) is 0 Å². The lowest BCUT2D eigenvalue weighted by atomic mass is 10.2. The second kappa shape index (κ2) is 11.6. The Hall–Kier alpha value is -3.06. The summed E-state index contributed by atoms with van der Waals surface area (Å²) in [6, 6.07) is 15.3. The minimum absolute atomic E-state index is 0.0414. The molecule has 0 aliphatic rings. The van der Waals surface area contributed by atoms with Gasteiger partial charge in [-0.2, -0.15) is 0 Å². The van der Waals surface area contributed by atoms with E-state index in [0.29, 0.717) is 5.75 Å². The van der Waals surface area contributed by atoms with Gasteiger partial charge in [-0.05, 0) is 30.2 Å². The van der Waals surface area contributed by atoms with Crippen LogP contribution < -0.4 is 10.1 Å². The molecule has 28 heavy (non-hydrogen) atoms. The Morgan fingerprint density at radius 1 is 1.00 bits per heavy atom. The van der Waals surface area contributed by atoms with Gasteiger partial charge in [0.25, 0.3) is 0 Å². The molecule has 7 heteroatoms. The number of carbonyl (C=O) groups excluding carboxylic acids is 2. The summed E-state index contributed by atoms with van der Waals surface area (Å²) in [5.74, 6) is 0.0600. The van der Waals surface area contributed by atoms with Crippen LogP contribution in [-0.4, -0.2) is 36.4 Å². The molecule has 0 heterocycles. The number of carbonyl (C=O) groups is 2. The lowest BCUT2D eigenvalue weighted by Gasteiger charge is -2.17. The van der Waals surface area contributed by atoms with Crippen molar-refractivity contribution < 1.29 is 28.9 Å². The van der Waals surface area contributed by atoms with Crippen LogP contribution in [0.2, 0.25) is 0 Å². The van der Waals surface area contributed by atoms with Crippen molar-refractivity contribution in [3.8, 4) is 5.75 Å². The maximum Gasteiger partial charge on any atom is 0.408 e. The van der Waals surface area contributed by atoms with E-state index in [1.807, 2.05) is 30.3 Å². The first-order valence-electron chi connectivity index (χ1n) is 9.08. The summed E-state index contributed by atoms with van der Waals surface area (Å²) >= 11 is 0. The van der Waals surface area contributed by atoms with Gasteiger partial charge < -0.3 is 24.6 Å². The molecule has 150 valence electrons. The Morgan fingerprint density at radius 2 is 1.71 bits per heavy atom. The molecule has 2 aromatic rings. The molecule has 2 rings (SSSR count). The molecule has 0 bridgehead atoms. The molecule has 1 atom stereocenters. The highest BCUT2D eigenvalue weighted by Gasteiger charge is 2.23. The van der Waals surface area contributed by atoms with Crippen molar-refractivity contribution in [2.75, 3.05) is 13.2 Å². The molecule has 7 nitrogen and oxygen atoms in total. The molecule has 0 spiro atoms. The number of hydrogen-bond donors (Lipinski definition) is 2. The summed E-state index contributed by atoms with van der Waals surface area (Å²) in [6.45, 7) is 2.17. The summed E-state index contributed by atoms with van der Waals surface area (Å²) in [5.41, 5.74) is 1.62. The van der Waals surface area contributed by atoms with E-state index in [2.05, 4.69) is 5.32 Å². The maximum atomic E-state index is 12.1. The fourth-order valence-corrected chi connectivity index (χ4v) is 2.38. The second-order valence-corrected chi connectivity index (χ2v) is 5.95. The van der Waals surface area contributed by atoms with E-state index in [1.54, 1.807) is 31.2 Å². The van der Waals surface area contributed by atoms with E-state index in [0.717, 1.165) is 11.1 Å². The van der Waals surface area contributed by atoms with E-state index in [9.17, 15) is 9.59 Å². The molecular formula is C21H25NO6. The lowest BCUT2D eigenvalue weighted by Crippen LogP contribution is -2.43. The Labute approximate surface area is 164 Å². The van der Waals surface area contributed by atoms with Crippen molar-refractivity contribution >= 4 is 12.1 Å². The first-order chi connectivity index (χ1) is 13.6. The molecule has 0 aliphatic carbocycles. The normalized spacial score (nSPS) is 11.4. The van der Waals surface area contributed by atoms with Crippen LogP contribution in [-0.2, 0) is 27.5 Å². The molecule has 0 radical (unpaired) electrons. The molecule has 0 saturated heterocycles. The van der Waals surface area contributed by atoms with Crippen LogP contribution in [0.3, 0.4) is 0 Å². The summed E-state index contributed by atoms with van der Waals surface area (Å²) in [7, 11) is 0. The minimum Gasteiger partial charge on any atom is -0.494 e. The lowest BCUT2D eigenvalue weighted by molar-refractivity contribution is -0.145. The van der Waals surface area contributed by atoms with Gasteiger partial charge in [0, 0.05) is 6.42 Å². The van der Waals surface area contributed by atoms with Crippen LogP contribution in [0.15, 0.2) is 54.6 Å². The highest BCUT2D eigenvalue weighted by Crippen LogP contribution is 2.13. The highest BCUT2D eigenvalue weighted by atomic mass is 16.6. The quantitative estimate of drug-likeness (QED) is 0.609. The molecule has 1 amide bonds. The van der Waals surface area contributed by atoms with Crippen molar-refractivity contribution in [3.05, 3.63) is 65.7 Å². The fraction of sp³-hybridized carbons (Fsp3) is 0.333. The zero-order chi connectivity index (χ0) is 20.2. The van der Waals surface area contributed by atoms with Crippen molar-refractivity contribution in [1.82, 2.24) is 5.32 Å². The summed E-state index contributed by atoms with van der Waals surface area (Å²) in [5, 5.41) is 11.6. The molecule has 1 unspecified atom stereocenters. The standard InChI is InChI=1S/C21H25NO6/c1-2-26-20(24)19(12-13-27-18-10-8-16(14-23)9-11-18)22-21(25)28-15-17-6-4-3-5-7-17/h3-11,19,23H,2,12-15H2,1H3,(H,22,25). The Bertz CT molecular complexity index is 732. The summed E-state index contributed by atoms with van der Waals surface area (Å²) in [6.07, 6.45) is -0.477. The van der Waals surface area contributed by atoms with Gasteiger partial charge in [0.2, 0.25) is 0 Å². The third-order valence-electron chi connectivity index (χ3n) is 3.86. The molecular weight excluding hydrogens is 362 g/mol. The first-order valence-corrected chi connectivity index (χ1v) is 9.08. The average molecular weight is 387 g/mol. The SMILES string of the molecule is CCOC(=O)C(CCOc1ccc(CO)cc1)NC(=O)OCc1ccccc1. The predicted octanol–water partition coefficient (Wildman–Crippen LogP) is 2.81. The van der Waals surface area contributed by atoms with Crippen LogP contribution in [0, 0.1) is 0 Å². The van der Waals surface area contributed by atoms with E-state index in [4.69, 9.17) is 19.3 Å².